The SMILES string of the molecule is CC(C)c1cc2c(oc1=O)[C@@]1(C)CC[C@H](O)C(C)(C)C1CC2=O. The summed E-state index contributed by atoms with van der Waals surface area (Å²) >= 11 is 0. The van der Waals surface area contributed by atoms with Crippen molar-refractivity contribution in [3.05, 3.63) is 33.4 Å². The molecule has 4 heteroatoms. The van der Waals surface area contributed by atoms with Gasteiger partial charge in [0, 0.05) is 17.4 Å². The summed E-state index contributed by atoms with van der Waals surface area (Å²) in [5, 5.41) is 10.4. The van der Waals surface area contributed by atoms with E-state index in [4.69, 9.17) is 4.42 Å². The standard InChI is InChI=1S/C19H26O4/c1-10(2)11-8-12-13(20)9-14-18(3,4)15(21)6-7-19(14,5)16(12)23-17(11)22/h8,10,14-15,21H,6-7,9H2,1-5H3/t14?,15-,19-/m0/s1. The predicted octanol–water partition coefficient (Wildman–Crippen LogP) is 3.40. The van der Waals surface area contributed by atoms with Crippen molar-refractivity contribution in [3.8, 4) is 0 Å². The number of aliphatic hydroxyl groups is 1. The summed E-state index contributed by atoms with van der Waals surface area (Å²) < 4.78 is 5.71. The topological polar surface area (TPSA) is 67.5 Å². The Morgan fingerprint density at radius 1 is 1.26 bits per heavy atom. The minimum Gasteiger partial charge on any atom is -0.426 e. The van der Waals surface area contributed by atoms with Crippen LogP contribution in [0.15, 0.2) is 15.3 Å². The number of fused-ring (bicyclic) bond motifs is 3. The third-order valence-electron chi connectivity index (χ3n) is 6.27. The molecular weight excluding hydrogens is 292 g/mol. The number of carbonyl (C=O) groups is 1. The largest absolute Gasteiger partial charge is 0.426 e. The molecule has 0 aromatic carbocycles. The van der Waals surface area contributed by atoms with Crippen molar-refractivity contribution in [2.24, 2.45) is 11.3 Å². The lowest BCUT2D eigenvalue weighted by molar-refractivity contribution is -0.0748. The van der Waals surface area contributed by atoms with E-state index >= 15 is 0 Å². The van der Waals surface area contributed by atoms with Gasteiger partial charge in [-0.05, 0) is 36.2 Å². The lowest BCUT2D eigenvalue weighted by Gasteiger charge is -2.54. The predicted molar refractivity (Wildman–Crippen MR) is 87.9 cm³/mol. The molecule has 0 amide bonds. The molecule has 3 rings (SSSR count). The van der Waals surface area contributed by atoms with Gasteiger partial charge in [0.05, 0.1) is 11.7 Å². The van der Waals surface area contributed by atoms with Gasteiger partial charge in [-0.25, -0.2) is 4.79 Å². The molecule has 0 bridgehead atoms. The number of rotatable bonds is 1. The molecule has 0 radical (unpaired) electrons. The van der Waals surface area contributed by atoms with E-state index in [1.165, 1.54) is 0 Å². The van der Waals surface area contributed by atoms with E-state index in [0.717, 1.165) is 6.42 Å². The van der Waals surface area contributed by atoms with E-state index in [1.807, 2.05) is 27.7 Å². The molecule has 1 saturated carbocycles. The summed E-state index contributed by atoms with van der Waals surface area (Å²) in [5.74, 6) is 0.565. The van der Waals surface area contributed by atoms with Crippen molar-refractivity contribution in [3.63, 3.8) is 0 Å². The number of Topliss-reactive ketones (excluding diaryl/α,β-unsaturated/α-hetero) is 1. The van der Waals surface area contributed by atoms with Gasteiger partial charge in [0.25, 0.3) is 0 Å². The van der Waals surface area contributed by atoms with Crippen molar-refractivity contribution in [1.29, 1.82) is 0 Å². The van der Waals surface area contributed by atoms with Crippen molar-refractivity contribution < 1.29 is 14.3 Å². The number of carbonyl (C=O) groups excluding carboxylic acids is 1. The Hall–Kier alpha value is -1.42. The van der Waals surface area contributed by atoms with Crippen LogP contribution in [0.3, 0.4) is 0 Å². The van der Waals surface area contributed by atoms with Gasteiger partial charge in [0.15, 0.2) is 5.78 Å². The number of aliphatic hydroxyl groups excluding tert-OH is 1. The van der Waals surface area contributed by atoms with Gasteiger partial charge in [0.2, 0.25) is 0 Å². The Kier molecular flexibility index (Phi) is 3.60. The molecule has 126 valence electrons. The fourth-order valence-electron chi connectivity index (χ4n) is 4.61. The molecule has 0 saturated heterocycles. The first-order valence-corrected chi connectivity index (χ1v) is 8.49. The fraction of sp³-hybridized carbons (Fsp3) is 0.684. The molecule has 0 aliphatic heterocycles. The average molecular weight is 318 g/mol. The summed E-state index contributed by atoms with van der Waals surface area (Å²) in [5.41, 5.74) is 0.0434. The second kappa shape index (κ2) is 5.04. The zero-order chi connectivity index (χ0) is 17.2. The van der Waals surface area contributed by atoms with Crippen molar-refractivity contribution >= 4 is 5.78 Å². The van der Waals surface area contributed by atoms with Gasteiger partial charge in [-0.3, -0.25) is 4.79 Å². The van der Waals surface area contributed by atoms with Crippen LogP contribution < -0.4 is 5.63 Å². The van der Waals surface area contributed by atoms with E-state index in [1.54, 1.807) is 6.07 Å². The Labute approximate surface area is 136 Å². The molecular formula is C19H26O4. The van der Waals surface area contributed by atoms with Crippen molar-refractivity contribution in [2.45, 2.75) is 71.3 Å². The van der Waals surface area contributed by atoms with Crippen LogP contribution in [0.2, 0.25) is 0 Å². The first-order chi connectivity index (χ1) is 10.6. The average Bonchev–Trinajstić information content (AvgIpc) is 2.46. The van der Waals surface area contributed by atoms with Crippen LogP contribution in [0.5, 0.6) is 0 Å². The lowest BCUT2D eigenvalue weighted by Crippen LogP contribution is -2.55. The maximum absolute atomic E-state index is 12.7. The molecule has 1 fully saturated rings. The Balaban J connectivity index is 2.22. The van der Waals surface area contributed by atoms with E-state index in [9.17, 15) is 14.7 Å². The molecule has 1 unspecified atom stereocenters. The fourth-order valence-corrected chi connectivity index (χ4v) is 4.61. The number of ketones is 1. The first-order valence-electron chi connectivity index (χ1n) is 8.49. The van der Waals surface area contributed by atoms with Crippen LogP contribution in [0.1, 0.15) is 81.5 Å². The smallest absolute Gasteiger partial charge is 0.339 e. The van der Waals surface area contributed by atoms with Crippen LogP contribution in [0.4, 0.5) is 0 Å². The van der Waals surface area contributed by atoms with Gasteiger partial charge >= 0.3 is 5.63 Å². The Morgan fingerprint density at radius 3 is 2.52 bits per heavy atom. The molecule has 2 aliphatic rings. The van der Waals surface area contributed by atoms with Gasteiger partial charge in [-0.15, -0.1) is 0 Å². The van der Waals surface area contributed by atoms with Gasteiger partial charge in [-0.1, -0.05) is 34.6 Å². The van der Waals surface area contributed by atoms with E-state index in [0.29, 0.717) is 29.7 Å². The molecule has 4 nitrogen and oxygen atoms in total. The highest BCUT2D eigenvalue weighted by atomic mass is 16.4. The van der Waals surface area contributed by atoms with Gasteiger partial charge < -0.3 is 9.52 Å². The zero-order valence-electron chi connectivity index (χ0n) is 14.6. The molecule has 1 aromatic heterocycles. The molecule has 1 N–H and O–H groups in total. The number of hydrogen-bond acceptors (Lipinski definition) is 4. The Morgan fingerprint density at radius 2 is 1.91 bits per heavy atom. The summed E-state index contributed by atoms with van der Waals surface area (Å²) in [7, 11) is 0. The summed E-state index contributed by atoms with van der Waals surface area (Å²) in [6, 6.07) is 1.74. The van der Waals surface area contributed by atoms with E-state index in [-0.39, 0.29) is 34.1 Å². The summed E-state index contributed by atoms with van der Waals surface area (Å²) in [4.78, 5) is 25.1. The molecule has 0 spiro atoms. The lowest BCUT2D eigenvalue weighted by atomic mass is 9.50. The second-order valence-corrected chi connectivity index (χ2v) is 8.36. The van der Waals surface area contributed by atoms with E-state index < -0.39 is 6.10 Å². The van der Waals surface area contributed by atoms with Crippen LogP contribution in [-0.2, 0) is 5.41 Å². The minimum absolute atomic E-state index is 0.0215. The van der Waals surface area contributed by atoms with Crippen LogP contribution >= 0.6 is 0 Å². The highest BCUT2D eigenvalue weighted by molar-refractivity contribution is 5.99. The molecule has 1 heterocycles. The van der Waals surface area contributed by atoms with Crippen molar-refractivity contribution in [2.75, 3.05) is 0 Å². The van der Waals surface area contributed by atoms with Crippen molar-refractivity contribution in [1.82, 2.24) is 0 Å². The highest BCUT2D eigenvalue weighted by Gasteiger charge is 2.56. The molecule has 23 heavy (non-hydrogen) atoms. The molecule has 3 atom stereocenters. The maximum Gasteiger partial charge on any atom is 0.339 e. The van der Waals surface area contributed by atoms with E-state index in [2.05, 4.69) is 6.92 Å². The van der Waals surface area contributed by atoms with Crippen LogP contribution in [-0.4, -0.2) is 17.0 Å². The minimum atomic E-state index is -0.434. The first kappa shape index (κ1) is 16.4. The summed E-state index contributed by atoms with van der Waals surface area (Å²) in [6.07, 6.45) is 1.35. The van der Waals surface area contributed by atoms with Gasteiger partial charge in [0.1, 0.15) is 5.76 Å². The third-order valence-corrected chi connectivity index (χ3v) is 6.27. The second-order valence-electron chi connectivity index (χ2n) is 8.36. The Bertz CT molecular complexity index is 713. The quantitative estimate of drug-likeness (QED) is 0.861. The normalized spacial score (nSPS) is 32.6. The maximum atomic E-state index is 12.7. The molecule has 2 aliphatic carbocycles. The van der Waals surface area contributed by atoms with Crippen LogP contribution in [0, 0.1) is 11.3 Å². The van der Waals surface area contributed by atoms with Gasteiger partial charge in [-0.2, -0.15) is 0 Å². The van der Waals surface area contributed by atoms with Crippen LogP contribution in [0.25, 0.3) is 0 Å². The monoisotopic (exact) mass is 318 g/mol. The summed E-state index contributed by atoms with van der Waals surface area (Å²) in [6.45, 7) is 9.96. The zero-order valence-corrected chi connectivity index (χ0v) is 14.6. The third kappa shape index (κ3) is 2.22. The highest BCUT2D eigenvalue weighted by Crippen LogP contribution is 2.56. The molecule has 1 aromatic rings. The number of hydrogen-bond donors (Lipinski definition) is 1.